The van der Waals surface area contributed by atoms with E-state index >= 15 is 0 Å². The van der Waals surface area contributed by atoms with Gasteiger partial charge in [0.1, 0.15) is 5.75 Å². The molecule has 1 aromatic heterocycles. The van der Waals surface area contributed by atoms with Gasteiger partial charge in [0.2, 0.25) is 11.8 Å². The zero-order chi connectivity index (χ0) is 22.6. The molecule has 0 fully saturated rings. The summed E-state index contributed by atoms with van der Waals surface area (Å²) < 4.78 is 34.4. The summed E-state index contributed by atoms with van der Waals surface area (Å²) in [6.45, 7) is 0. The molecule has 0 atom stereocenters. The lowest BCUT2D eigenvalue weighted by atomic mass is 10.1. The van der Waals surface area contributed by atoms with Crippen molar-refractivity contribution in [1.82, 2.24) is 9.97 Å². The van der Waals surface area contributed by atoms with Crippen LogP contribution in [-0.2, 0) is 10.0 Å². The van der Waals surface area contributed by atoms with E-state index in [1.54, 1.807) is 30.3 Å². The lowest BCUT2D eigenvalue weighted by Gasteiger charge is -2.14. The van der Waals surface area contributed by atoms with Crippen molar-refractivity contribution in [1.29, 1.82) is 0 Å². The fraction of sp³-hybridized carbons (Fsp3) is 0.0833. The van der Waals surface area contributed by atoms with Gasteiger partial charge in [-0.15, -0.1) is 0 Å². The highest BCUT2D eigenvalue weighted by Gasteiger charge is 2.18. The lowest BCUT2D eigenvalue weighted by Crippen LogP contribution is -2.16. The van der Waals surface area contributed by atoms with Crippen molar-refractivity contribution in [3.8, 4) is 22.9 Å². The van der Waals surface area contributed by atoms with E-state index in [0.29, 0.717) is 11.4 Å². The molecule has 8 heteroatoms. The Kier molecular flexibility index (Phi) is 6.04. The number of para-hydroxylation sites is 1. The van der Waals surface area contributed by atoms with Gasteiger partial charge in [-0.2, -0.15) is 4.98 Å². The van der Waals surface area contributed by atoms with E-state index in [2.05, 4.69) is 14.7 Å². The Morgan fingerprint density at radius 2 is 1.50 bits per heavy atom. The predicted molar refractivity (Wildman–Crippen MR) is 126 cm³/mol. The number of anilines is 2. The molecule has 0 saturated heterocycles. The van der Waals surface area contributed by atoms with Crippen LogP contribution in [0.4, 0.5) is 11.6 Å². The van der Waals surface area contributed by atoms with Crippen molar-refractivity contribution in [2.75, 3.05) is 23.7 Å². The highest BCUT2D eigenvalue weighted by Crippen LogP contribution is 2.27. The third-order valence-electron chi connectivity index (χ3n) is 4.61. The van der Waals surface area contributed by atoms with Crippen LogP contribution in [0.1, 0.15) is 0 Å². The van der Waals surface area contributed by atoms with Gasteiger partial charge in [-0.3, -0.25) is 0 Å². The SMILES string of the molecule is CN(C)c1cccc(S(=O)(=O)Nc2nc(Oc3ccccc3)cc(-c3ccccc3)n2)c1. The summed E-state index contributed by atoms with van der Waals surface area (Å²) >= 11 is 0. The molecule has 7 nitrogen and oxygen atoms in total. The van der Waals surface area contributed by atoms with Crippen molar-refractivity contribution >= 4 is 21.7 Å². The van der Waals surface area contributed by atoms with Gasteiger partial charge in [0.25, 0.3) is 10.0 Å². The monoisotopic (exact) mass is 446 g/mol. The third-order valence-corrected chi connectivity index (χ3v) is 5.93. The smallest absolute Gasteiger partial charge is 0.264 e. The molecule has 162 valence electrons. The van der Waals surface area contributed by atoms with Crippen molar-refractivity contribution in [3.63, 3.8) is 0 Å². The normalized spacial score (nSPS) is 11.1. The van der Waals surface area contributed by atoms with E-state index < -0.39 is 10.0 Å². The van der Waals surface area contributed by atoms with Gasteiger partial charge in [-0.05, 0) is 30.3 Å². The van der Waals surface area contributed by atoms with Crippen molar-refractivity contribution in [2.24, 2.45) is 0 Å². The quantitative estimate of drug-likeness (QED) is 0.439. The third kappa shape index (κ3) is 5.04. The zero-order valence-electron chi connectivity index (χ0n) is 17.6. The molecule has 4 rings (SSSR count). The van der Waals surface area contributed by atoms with Crippen LogP contribution in [0.3, 0.4) is 0 Å². The van der Waals surface area contributed by atoms with Crippen molar-refractivity contribution in [2.45, 2.75) is 4.90 Å². The molecule has 1 N–H and O–H groups in total. The second kappa shape index (κ2) is 9.07. The summed E-state index contributed by atoms with van der Waals surface area (Å²) in [6, 6.07) is 26.9. The largest absolute Gasteiger partial charge is 0.439 e. The summed E-state index contributed by atoms with van der Waals surface area (Å²) in [5.41, 5.74) is 2.11. The average Bonchev–Trinajstić information content (AvgIpc) is 2.80. The van der Waals surface area contributed by atoms with Gasteiger partial charge in [0.15, 0.2) is 0 Å². The van der Waals surface area contributed by atoms with E-state index in [1.807, 2.05) is 73.6 Å². The number of nitrogens with one attached hydrogen (secondary N) is 1. The lowest BCUT2D eigenvalue weighted by molar-refractivity contribution is 0.463. The number of benzene rings is 3. The van der Waals surface area contributed by atoms with Gasteiger partial charge >= 0.3 is 0 Å². The molecule has 0 unspecified atom stereocenters. The number of hydrogen-bond acceptors (Lipinski definition) is 6. The highest BCUT2D eigenvalue weighted by molar-refractivity contribution is 7.92. The van der Waals surface area contributed by atoms with Crippen LogP contribution in [0.25, 0.3) is 11.3 Å². The standard InChI is InChI=1S/C24H22N4O3S/c1-28(2)19-12-9-15-21(16-19)32(29,30)27-24-25-22(18-10-5-3-6-11-18)17-23(26-24)31-20-13-7-4-8-14-20/h3-17H,1-2H3,(H,25,26,27). The Morgan fingerprint density at radius 3 is 2.19 bits per heavy atom. The van der Waals surface area contributed by atoms with Crippen LogP contribution in [-0.4, -0.2) is 32.5 Å². The van der Waals surface area contributed by atoms with E-state index in [9.17, 15) is 8.42 Å². The van der Waals surface area contributed by atoms with Crippen LogP contribution in [0.5, 0.6) is 11.6 Å². The van der Waals surface area contributed by atoms with Gasteiger partial charge in [0, 0.05) is 31.4 Å². The molecule has 4 aromatic rings. The molecular weight excluding hydrogens is 424 g/mol. The van der Waals surface area contributed by atoms with Crippen LogP contribution in [0.2, 0.25) is 0 Å². The number of nitrogens with zero attached hydrogens (tertiary/aromatic N) is 3. The highest BCUT2D eigenvalue weighted by atomic mass is 32.2. The fourth-order valence-corrected chi connectivity index (χ4v) is 3.98. The Labute approximate surface area is 187 Å². The minimum atomic E-state index is -3.92. The molecular formula is C24H22N4O3S. The number of aromatic nitrogens is 2. The first-order chi connectivity index (χ1) is 15.4. The molecule has 0 saturated carbocycles. The van der Waals surface area contributed by atoms with Gasteiger partial charge in [-0.1, -0.05) is 54.6 Å². The number of rotatable bonds is 7. The Bertz CT molecular complexity index is 1310. The van der Waals surface area contributed by atoms with E-state index in [4.69, 9.17) is 4.74 Å². The zero-order valence-corrected chi connectivity index (χ0v) is 18.5. The maximum absolute atomic E-state index is 13.0. The molecule has 0 bridgehead atoms. The van der Waals surface area contributed by atoms with Crippen LogP contribution < -0.4 is 14.4 Å². The first-order valence-electron chi connectivity index (χ1n) is 9.88. The molecule has 0 aliphatic rings. The summed E-state index contributed by atoms with van der Waals surface area (Å²) in [6.07, 6.45) is 0. The van der Waals surface area contributed by atoms with Gasteiger partial charge < -0.3 is 9.64 Å². The predicted octanol–water partition coefficient (Wildman–Crippen LogP) is 4.80. The van der Waals surface area contributed by atoms with Crippen molar-refractivity contribution in [3.05, 3.63) is 91.0 Å². The molecule has 1 heterocycles. The summed E-state index contributed by atoms with van der Waals surface area (Å²) in [5, 5.41) is 0. The average molecular weight is 447 g/mol. The van der Waals surface area contributed by atoms with E-state index in [0.717, 1.165) is 11.3 Å². The van der Waals surface area contributed by atoms with Gasteiger partial charge in [-0.25, -0.2) is 18.1 Å². The second-order valence-electron chi connectivity index (χ2n) is 7.19. The molecule has 32 heavy (non-hydrogen) atoms. The topological polar surface area (TPSA) is 84.4 Å². The van der Waals surface area contributed by atoms with E-state index in [1.165, 1.54) is 6.07 Å². The second-order valence-corrected chi connectivity index (χ2v) is 8.88. The Morgan fingerprint density at radius 1 is 0.812 bits per heavy atom. The van der Waals surface area contributed by atoms with E-state index in [-0.39, 0.29) is 16.7 Å². The van der Waals surface area contributed by atoms with Gasteiger partial charge in [0.05, 0.1) is 10.6 Å². The summed E-state index contributed by atoms with van der Waals surface area (Å²) in [5.74, 6) is 0.732. The first kappa shape index (κ1) is 21.3. The minimum Gasteiger partial charge on any atom is -0.439 e. The minimum absolute atomic E-state index is 0.0764. The molecule has 0 spiro atoms. The van der Waals surface area contributed by atoms with Crippen LogP contribution in [0, 0.1) is 0 Å². The molecule has 0 aliphatic heterocycles. The first-order valence-corrected chi connectivity index (χ1v) is 11.4. The molecule has 3 aromatic carbocycles. The fourth-order valence-electron chi connectivity index (χ4n) is 3.00. The molecule has 0 amide bonds. The summed E-state index contributed by atoms with van der Waals surface area (Å²) in [4.78, 5) is 10.7. The van der Waals surface area contributed by atoms with Crippen LogP contribution in [0.15, 0.2) is 95.9 Å². The molecule has 0 aliphatic carbocycles. The van der Waals surface area contributed by atoms with Crippen molar-refractivity contribution < 1.29 is 13.2 Å². The number of sulfonamides is 1. The number of hydrogen-bond donors (Lipinski definition) is 1. The maximum atomic E-state index is 13.0. The Hall–Kier alpha value is -3.91. The summed E-state index contributed by atoms with van der Waals surface area (Å²) in [7, 11) is -0.223. The molecule has 0 radical (unpaired) electrons. The number of ether oxygens (including phenoxy) is 1. The maximum Gasteiger partial charge on any atom is 0.264 e. The Balaban J connectivity index is 1.72. The van der Waals surface area contributed by atoms with Crippen LogP contribution >= 0.6 is 0 Å².